The molecule has 21 heavy (non-hydrogen) atoms. The van der Waals surface area contributed by atoms with E-state index in [0.717, 1.165) is 36.7 Å². The van der Waals surface area contributed by atoms with E-state index >= 15 is 0 Å². The zero-order chi connectivity index (χ0) is 14.7. The van der Waals surface area contributed by atoms with Crippen LogP contribution in [-0.4, -0.2) is 25.1 Å². The first-order chi connectivity index (χ1) is 10.3. The Balaban J connectivity index is 1.56. The highest BCUT2D eigenvalue weighted by atomic mass is 15.2. The summed E-state index contributed by atoms with van der Waals surface area (Å²) in [5.41, 5.74) is 1.34. The first kappa shape index (κ1) is 14.8. The van der Waals surface area contributed by atoms with E-state index in [0.29, 0.717) is 0 Å². The van der Waals surface area contributed by atoms with Gasteiger partial charge >= 0.3 is 0 Å². The van der Waals surface area contributed by atoms with Crippen molar-refractivity contribution in [2.24, 2.45) is 17.8 Å². The molecule has 1 heterocycles. The van der Waals surface area contributed by atoms with Gasteiger partial charge in [0.1, 0.15) is 5.82 Å². The summed E-state index contributed by atoms with van der Waals surface area (Å²) in [6, 6.07) is 4.37. The van der Waals surface area contributed by atoms with E-state index in [1.54, 1.807) is 0 Å². The lowest BCUT2D eigenvalue weighted by molar-refractivity contribution is 0.337. The highest BCUT2D eigenvalue weighted by Crippen LogP contribution is 2.48. The lowest BCUT2D eigenvalue weighted by Crippen LogP contribution is -2.29. The van der Waals surface area contributed by atoms with E-state index < -0.39 is 0 Å². The number of nitrogens with zero attached hydrogens (tertiary/aromatic N) is 2. The molecule has 0 radical (unpaired) electrons. The summed E-state index contributed by atoms with van der Waals surface area (Å²) in [4.78, 5) is 6.94. The fraction of sp³-hybridized carbons (Fsp3) is 0.722. The average molecular weight is 287 g/mol. The number of nitrogens with one attached hydrogen (secondary N) is 1. The lowest BCUT2D eigenvalue weighted by atomic mass is 9.88. The van der Waals surface area contributed by atoms with Crippen LogP contribution in [0.25, 0.3) is 0 Å². The highest BCUT2D eigenvalue weighted by molar-refractivity contribution is 5.40. The van der Waals surface area contributed by atoms with Crippen LogP contribution in [-0.2, 0) is 6.54 Å². The van der Waals surface area contributed by atoms with Gasteiger partial charge in [0.15, 0.2) is 0 Å². The van der Waals surface area contributed by atoms with E-state index in [9.17, 15) is 0 Å². The Bertz CT molecular complexity index is 460. The van der Waals surface area contributed by atoms with E-state index in [4.69, 9.17) is 0 Å². The summed E-state index contributed by atoms with van der Waals surface area (Å²) >= 11 is 0. The Labute approximate surface area is 129 Å². The van der Waals surface area contributed by atoms with Crippen LogP contribution in [0, 0.1) is 17.8 Å². The lowest BCUT2D eigenvalue weighted by Gasteiger charge is -2.28. The topological polar surface area (TPSA) is 28.2 Å². The minimum Gasteiger partial charge on any atom is -0.359 e. The number of hydrogen-bond acceptors (Lipinski definition) is 3. The molecule has 3 rings (SSSR count). The average Bonchev–Trinajstić information content (AvgIpc) is 3.10. The van der Waals surface area contributed by atoms with Crippen molar-refractivity contribution in [2.75, 3.05) is 25.0 Å². The SMILES string of the molecule is CCCNCc1ccnc(N(C)CC2CC3CCC2C3)c1. The highest BCUT2D eigenvalue weighted by Gasteiger charge is 2.39. The van der Waals surface area contributed by atoms with Crippen molar-refractivity contribution in [1.29, 1.82) is 0 Å². The van der Waals surface area contributed by atoms with Gasteiger partial charge in [0, 0.05) is 26.3 Å². The number of anilines is 1. The predicted octanol–water partition coefficient (Wildman–Crippen LogP) is 3.45. The summed E-state index contributed by atoms with van der Waals surface area (Å²) < 4.78 is 0. The smallest absolute Gasteiger partial charge is 0.128 e. The zero-order valence-corrected chi connectivity index (χ0v) is 13.5. The maximum absolute atomic E-state index is 4.57. The molecular formula is C18H29N3. The molecule has 3 atom stereocenters. The van der Waals surface area contributed by atoms with Gasteiger partial charge in [-0.3, -0.25) is 0 Å². The van der Waals surface area contributed by atoms with E-state index in [1.165, 1.54) is 44.2 Å². The standard InChI is InChI=1S/C18H29N3/c1-3-7-19-12-15-6-8-20-18(11-15)21(2)13-17-10-14-4-5-16(17)9-14/h6,8,11,14,16-17,19H,3-5,7,9-10,12-13H2,1-2H3. The third kappa shape index (κ3) is 3.57. The van der Waals surface area contributed by atoms with Gasteiger partial charge < -0.3 is 10.2 Å². The largest absolute Gasteiger partial charge is 0.359 e. The van der Waals surface area contributed by atoms with Gasteiger partial charge in [-0.15, -0.1) is 0 Å². The summed E-state index contributed by atoms with van der Waals surface area (Å²) in [6.07, 6.45) is 9.04. The maximum Gasteiger partial charge on any atom is 0.128 e. The van der Waals surface area contributed by atoms with Gasteiger partial charge in [-0.25, -0.2) is 4.98 Å². The number of aromatic nitrogens is 1. The van der Waals surface area contributed by atoms with Crippen LogP contribution in [0.15, 0.2) is 18.3 Å². The Morgan fingerprint density at radius 1 is 1.33 bits per heavy atom. The van der Waals surface area contributed by atoms with Crippen LogP contribution < -0.4 is 10.2 Å². The third-order valence-corrected chi connectivity index (χ3v) is 5.35. The summed E-state index contributed by atoms with van der Waals surface area (Å²) in [6.45, 7) is 5.41. The fourth-order valence-corrected chi connectivity index (χ4v) is 4.23. The summed E-state index contributed by atoms with van der Waals surface area (Å²) in [5.74, 6) is 4.06. The Morgan fingerprint density at radius 2 is 2.24 bits per heavy atom. The second-order valence-electron chi connectivity index (χ2n) is 7.01. The van der Waals surface area contributed by atoms with Crippen molar-refractivity contribution in [3.8, 4) is 0 Å². The molecular weight excluding hydrogens is 258 g/mol. The van der Waals surface area contributed by atoms with Gasteiger partial charge in [-0.2, -0.15) is 0 Å². The summed E-state index contributed by atoms with van der Waals surface area (Å²) in [5, 5.41) is 3.47. The molecule has 116 valence electrons. The minimum absolute atomic E-state index is 0.900. The van der Waals surface area contributed by atoms with Crippen molar-refractivity contribution < 1.29 is 0 Å². The molecule has 2 aliphatic carbocycles. The molecule has 1 N–H and O–H groups in total. The minimum atomic E-state index is 0.900. The van der Waals surface area contributed by atoms with Gasteiger partial charge in [0.2, 0.25) is 0 Å². The molecule has 3 unspecified atom stereocenters. The second kappa shape index (κ2) is 6.78. The normalized spacial score (nSPS) is 27.2. The quantitative estimate of drug-likeness (QED) is 0.779. The van der Waals surface area contributed by atoms with Crippen LogP contribution in [0.2, 0.25) is 0 Å². The number of hydrogen-bond donors (Lipinski definition) is 1. The number of fused-ring (bicyclic) bond motifs is 2. The van der Waals surface area contributed by atoms with Crippen molar-refractivity contribution in [3.63, 3.8) is 0 Å². The third-order valence-electron chi connectivity index (χ3n) is 5.35. The van der Waals surface area contributed by atoms with E-state index in [-0.39, 0.29) is 0 Å². The molecule has 1 aromatic heterocycles. The van der Waals surface area contributed by atoms with Gasteiger partial charge in [0.05, 0.1) is 0 Å². The van der Waals surface area contributed by atoms with Crippen LogP contribution in [0.5, 0.6) is 0 Å². The van der Waals surface area contributed by atoms with Gasteiger partial charge in [-0.1, -0.05) is 13.3 Å². The molecule has 2 saturated carbocycles. The van der Waals surface area contributed by atoms with Gasteiger partial charge in [-0.05, 0) is 67.7 Å². The Kier molecular flexibility index (Phi) is 4.79. The van der Waals surface area contributed by atoms with Crippen molar-refractivity contribution >= 4 is 5.82 Å². The molecule has 0 aliphatic heterocycles. The first-order valence-corrected chi connectivity index (χ1v) is 8.63. The molecule has 0 saturated heterocycles. The molecule has 0 amide bonds. The molecule has 2 fully saturated rings. The monoisotopic (exact) mass is 287 g/mol. The Hall–Kier alpha value is -1.09. The van der Waals surface area contributed by atoms with Gasteiger partial charge in [0.25, 0.3) is 0 Å². The number of pyridine rings is 1. The molecule has 2 bridgehead atoms. The van der Waals surface area contributed by atoms with Crippen LogP contribution in [0.1, 0.15) is 44.6 Å². The second-order valence-corrected chi connectivity index (χ2v) is 7.01. The predicted molar refractivity (Wildman–Crippen MR) is 88.4 cm³/mol. The van der Waals surface area contributed by atoms with Crippen LogP contribution in [0.3, 0.4) is 0 Å². The first-order valence-electron chi connectivity index (χ1n) is 8.63. The molecule has 0 aromatic carbocycles. The van der Waals surface area contributed by atoms with Crippen molar-refractivity contribution in [1.82, 2.24) is 10.3 Å². The Morgan fingerprint density at radius 3 is 2.95 bits per heavy atom. The summed E-state index contributed by atoms with van der Waals surface area (Å²) in [7, 11) is 2.21. The van der Waals surface area contributed by atoms with E-state index in [1.807, 2.05) is 6.20 Å². The molecule has 3 nitrogen and oxygen atoms in total. The molecule has 0 spiro atoms. The number of rotatable bonds is 7. The van der Waals surface area contributed by atoms with E-state index in [2.05, 4.69) is 41.3 Å². The molecule has 3 heteroatoms. The molecule has 2 aliphatic rings. The fourth-order valence-electron chi connectivity index (χ4n) is 4.23. The van der Waals surface area contributed by atoms with Crippen LogP contribution >= 0.6 is 0 Å². The van der Waals surface area contributed by atoms with Crippen LogP contribution in [0.4, 0.5) is 5.82 Å². The maximum atomic E-state index is 4.57. The van der Waals surface area contributed by atoms with Crippen molar-refractivity contribution in [2.45, 2.75) is 45.6 Å². The molecule has 1 aromatic rings. The van der Waals surface area contributed by atoms with Crippen molar-refractivity contribution in [3.05, 3.63) is 23.9 Å². The zero-order valence-electron chi connectivity index (χ0n) is 13.5.